The lowest BCUT2D eigenvalue weighted by atomic mass is 10.0. The zero-order valence-electron chi connectivity index (χ0n) is 27.4. The predicted molar refractivity (Wildman–Crippen MR) is 182 cm³/mol. The number of rotatable bonds is 13. The number of halogens is 1. The quantitative estimate of drug-likeness (QED) is 0.182. The Bertz CT molecular complexity index is 1770. The molecule has 0 heterocycles. The van der Waals surface area contributed by atoms with Crippen LogP contribution in [0, 0.1) is 12.7 Å². The molecule has 0 fully saturated rings. The summed E-state index contributed by atoms with van der Waals surface area (Å²) >= 11 is 0. The highest BCUT2D eigenvalue weighted by atomic mass is 32.2. The summed E-state index contributed by atoms with van der Waals surface area (Å²) in [5, 5.41) is 2.97. The standard InChI is InChI=1S/C37H42FN3O5S/c1-6-46-34-19-13-12-18-32(34)41(47(44,45)30-22-20-27(2)21-23-30)26-35(42)40(25-29-16-10-11-17-31(29)38)33(36(43)39-37(3,4)5)24-28-14-8-7-9-15-28/h7-23,33H,6,24-26H2,1-5H3,(H,39,43)/t33-/m0/s1. The molecule has 248 valence electrons. The number of hydrogen-bond acceptors (Lipinski definition) is 5. The van der Waals surface area contributed by atoms with Crippen LogP contribution < -0.4 is 14.4 Å². The van der Waals surface area contributed by atoms with E-state index in [0.717, 1.165) is 15.4 Å². The molecule has 0 radical (unpaired) electrons. The van der Waals surface area contributed by atoms with Gasteiger partial charge in [0, 0.05) is 24.1 Å². The number of aryl methyl sites for hydroxylation is 1. The van der Waals surface area contributed by atoms with Crippen molar-refractivity contribution < 1.29 is 27.1 Å². The first kappa shape index (κ1) is 35.2. The van der Waals surface area contributed by atoms with E-state index in [1.807, 2.05) is 58.0 Å². The summed E-state index contributed by atoms with van der Waals surface area (Å²) in [6.45, 7) is 8.41. The van der Waals surface area contributed by atoms with E-state index < -0.39 is 45.8 Å². The zero-order chi connectivity index (χ0) is 34.2. The molecule has 0 bridgehead atoms. The Morgan fingerprint density at radius 1 is 0.872 bits per heavy atom. The highest BCUT2D eigenvalue weighted by molar-refractivity contribution is 7.92. The molecule has 2 amide bonds. The summed E-state index contributed by atoms with van der Waals surface area (Å²) in [7, 11) is -4.32. The molecule has 1 atom stereocenters. The van der Waals surface area contributed by atoms with Gasteiger partial charge in [0.1, 0.15) is 24.2 Å². The van der Waals surface area contributed by atoms with Gasteiger partial charge in [0.2, 0.25) is 11.8 Å². The van der Waals surface area contributed by atoms with Crippen molar-refractivity contribution in [3.05, 3.63) is 126 Å². The molecule has 47 heavy (non-hydrogen) atoms. The molecule has 1 N–H and O–H groups in total. The molecule has 8 nitrogen and oxygen atoms in total. The molecule has 0 aliphatic carbocycles. The lowest BCUT2D eigenvalue weighted by Gasteiger charge is -2.35. The van der Waals surface area contributed by atoms with Crippen LogP contribution in [0.3, 0.4) is 0 Å². The molecular weight excluding hydrogens is 617 g/mol. The molecule has 0 unspecified atom stereocenters. The van der Waals surface area contributed by atoms with Crippen LogP contribution in [0.5, 0.6) is 5.75 Å². The number of carbonyl (C=O) groups is 2. The minimum atomic E-state index is -4.32. The Hall–Kier alpha value is -4.70. The topological polar surface area (TPSA) is 96.0 Å². The molecule has 4 aromatic rings. The Morgan fingerprint density at radius 3 is 2.13 bits per heavy atom. The number of nitrogens with one attached hydrogen (secondary N) is 1. The lowest BCUT2D eigenvalue weighted by molar-refractivity contribution is -0.140. The third kappa shape index (κ3) is 9.19. The summed E-state index contributed by atoms with van der Waals surface area (Å²) in [5.74, 6) is -1.43. The van der Waals surface area contributed by atoms with Crippen molar-refractivity contribution >= 4 is 27.5 Å². The minimum Gasteiger partial charge on any atom is -0.492 e. The number of amides is 2. The van der Waals surface area contributed by atoms with Crippen molar-refractivity contribution in [2.75, 3.05) is 17.5 Å². The summed E-state index contributed by atoms with van der Waals surface area (Å²) in [6.07, 6.45) is 0.114. The SMILES string of the molecule is CCOc1ccccc1N(CC(=O)N(Cc1ccccc1F)[C@@H](Cc1ccccc1)C(=O)NC(C)(C)C)S(=O)(=O)c1ccc(C)cc1. The van der Waals surface area contributed by atoms with Gasteiger partial charge in [0.05, 0.1) is 17.2 Å². The summed E-state index contributed by atoms with van der Waals surface area (Å²) in [4.78, 5) is 29.9. The molecule has 0 aliphatic rings. The van der Waals surface area contributed by atoms with Gasteiger partial charge in [-0.1, -0.05) is 78.4 Å². The van der Waals surface area contributed by atoms with E-state index in [-0.39, 0.29) is 41.5 Å². The first-order valence-corrected chi connectivity index (χ1v) is 16.9. The van der Waals surface area contributed by atoms with Gasteiger partial charge in [-0.3, -0.25) is 13.9 Å². The van der Waals surface area contributed by atoms with E-state index >= 15 is 4.39 Å². The maximum atomic E-state index is 15.1. The number of nitrogens with zero attached hydrogens (tertiary/aromatic N) is 2. The Morgan fingerprint density at radius 2 is 1.49 bits per heavy atom. The first-order chi connectivity index (χ1) is 22.3. The van der Waals surface area contributed by atoms with Crippen LogP contribution >= 0.6 is 0 Å². The van der Waals surface area contributed by atoms with Crippen molar-refractivity contribution in [3.63, 3.8) is 0 Å². The average Bonchev–Trinajstić information content (AvgIpc) is 3.02. The van der Waals surface area contributed by atoms with Crippen molar-refractivity contribution in [2.24, 2.45) is 0 Å². The summed E-state index contributed by atoms with van der Waals surface area (Å²) in [6, 6.07) is 27.0. The van der Waals surface area contributed by atoms with E-state index in [0.29, 0.717) is 0 Å². The van der Waals surface area contributed by atoms with Crippen LogP contribution in [0.25, 0.3) is 0 Å². The minimum absolute atomic E-state index is 0.0193. The number of sulfonamides is 1. The summed E-state index contributed by atoms with van der Waals surface area (Å²) in [5.41, 5.74) is 1.35. The molecule has 0 spiro atoms. The van der Waals surface area contributed by atoms with Gasteiger partial charge in [-0.15, -0.1) is 0 Å². The molecule has 0 saturated carbocycles. The van der Waals surface area contributed by atoms with Gasteiger partial charge in [0.25, 0.3) is 10.0 Å². The highest BCUT2D eigenvalue weighted by Gasteiger charge is 2.36. The summed E-state index contributed by atoms with van der Waals surface area (Å²) < 4.78 is 50.5. The fourth-order valence-electron chi connectivity index (χ4n) is 5.11. The van der Waals surface area contributed by atoms with Crippen molar-refractivity contribution in [1.82, 2.24) is 10.2 Å². The Kier molecular flexibility index (Phi) is 11.4. The second-order valence-electron chi connectivity index (χ2n) is 12.3. The normalized spacial score (nSPS) is 12.2. The van der Waals surface area contributed by atoms with E-state index in [1.165, 1.54) is 23.1 Å². The number of hydrogen-bond donors (Lipinski definition) is 1. The lowest BCUT2D eigenvalue weighted by Crippen LogP contribution is -2.56. The third-order valence-electron chi connectivity index (χ3n) is 7.39. The Balaban J connectivity index is 1.86. The number of benzene rings is 4. The van der Waals surface area contributed by atoms with Gasteiger partial charge in [-0.2, -0.15) is 0 Å². The van der Waals surface area contributed by atoms with Gasteiger partial charge in [-0.05, 0) is 70.5 Å². The van der Waals surface area contributed by atoms with Gasteiger partial charge in [-0.25, -0.2) is 12.8 Å². The van der Waals surface area contributed by atoms with E-state index in [2.05, 4.69) is 5.32 Å². The van der Waals surface area contributed by atoms with Crippen molar-refractivity contribution in [1.29, 1.82) is 0 Å². The number of ether oxygens (including phenoxy) is 1. The van der Waals surface area contributed by atoms with Crippen LogP contribution in [0.4, 0.5) is 10.1 Å². The fourth-order valence-corrected chi connectivity index (χ4v) is 6.53. The largest absolute Gasteiger partial charge is 0.492 e. The van der Waals surface area contributed by atoms with Gasteiger partial charge < -0.3 is 15.0 Å². The van der Waals surface area contributed by atoms with Crippen LogP contribution in [0.2, 0.25) is 0 Å². The third-order valence-corrected chi connectivity index (χ3v) is 9.16. The van der Waals surface area contributed by atoms with Crippen LogP contribution in [0.1, 0.15) is 44.4 Å². The smallest absolute Gasteiger partial charge is 0.264 e. The second-order valence-corrected chi connectivity index (χ2v) is 14.1. The van der Waals surface area contributed by atoms with Crippen LogP contribution in [-0.2, 0) is 32.6 Å². The number of carbonyl (C=O) groups excluding carboxylic acids is 2. The van der Waals surface area contributed by atoms with Crippen molar-refractivity contribution in [3.8, 4) is 5.75 Å². The average molecular weight is 660 g/mol. The fraction of sp³-hybridized carbons (Fsp3) is 0.297. The molecule has 10 heteroatoms. The number of anilines is 1. The van der Waals surface area contributed by atoms with Crippen molar-refractivity contribution in [2.45, 2.75) is 64.1 Å². The van der Waals surface area contributed by atoms with Gasteiger partial charge in [0.15, 0.2) is 0 Å². The molecule has 4 rings (SSSR count). The molecule has 0 aromatic heterocycles. The second kappa shape index (κ2) is 15.3. The van der Waals surface area contributed by atoms with E-state index in [9.17, 15) is 18.0 Å². The first-order valence-electron chi connectivity index (χ1n) is 15.5. The molecular formula is C37H42FN3O5S. The molecule has 0 aliphatic heterocycles. The predicted octanol–water partition coefficient (Wildman–Crippen LogP) is 6.28. The highest BCUT2D eigenvalue weighted by Crippen LogP contribution is 2.33. The zero-order valence-corrected chi connectivity index (χ0v) is 28.3. The Labute approximate surface area is 277 Å². The number of para-hydroxylation sites is 2. The van der Waals surface area contributed by atoms with Gasteiger partial charge >= 0.3 is 0 Å². The molecule has 4 aromatic carbocycles. The maximum Gasteiger partial charge on any atom is 0.264 e. The monoisotopic (exact) mass is 659 g/mol. The van der Waals surface area contributed by atoms with E-state index in [4.69, 9.17) is 4.74 Å². The van der Waals surface area contributed by atoms with E-state index in [1.54, 1.807) is 61.5 Å². The molecule has 0 saturated heterocycles. The van der Waals surface area contributed by atoms with Crippen LogP contribution in [0.15, 0.2) is 108 Å². The maximum absolute atomic E-state index is 15.1. The van der Waals surface area contributed by atoms with Crippen LogP contribution in [-0.4, -0.2) is 49.9 Å².